The van der Waals surface area contributed by atoms with Gasteiger partial charge >= 0.3 is 6.09 Å². The normalized spacial score (nSPS) is 18.4. The van der Waals surface area contributed by atoms with Gasteiger partial charge in [0.05, 0.1) is 25.9 Å². The lowest BCUT2D eigenvalue weighted by Gasteiger charge is -2.60. The number of halogens is 1. The number of benzene rings is 1. The number of ether oxygens (including phenoxy) is 1. The molecule has 2 aromatic heterocycles. The summed E-state index contributed by atoms with van der Waals surface area (Å²) < 4.78 is 7.00. The molecule has 3 aromatic rings. The van der Waals surface area contributed by atoms with E-state index in [-0.39, 0.29) is 5.41 Å². The Kier molecular flexibility index (Phi) is 4.26. The number of fused-ring (bicyclic) bond motifs is 3. The number of amides is 1. The van der Waals surface area contributed by atoms with E-state index in [1.807, 2.05) is 28.8 Å². The van der Waals surface area contributed by atoms with Crippen LogP contribution < -0.4 is 9.80 Å². The summed E-state index contributed by atoms with van der Waals surface area (Å²) in [4.78, 5) is 26.8. The topological polar surface area (TPSA) is 92.5 Å². The third-order valence-corrected chi connectivity index (χ3v) is 6.64. The number of anilines is 2. The van der Waals surface area contributed by atoms with Crippen molar-refractivity contribution in [3.05, 3.63) is 53.2 Å². The Morgan fingerprint density at radius 3 is 2.66 bits per heavy atom. The predicted molar refractivity (Wildman–Crippen MR) is 117 cm³/mol. The molecule has 0 atom stereocenters. The van der Waals surface area contributed by atoms with Gasteiger partial charge in [-0.05, 0) is 29.8 Å². The van der Waals surface area contributed by atoms with Crippen LogP contribution in [0.4, 0.5) is 16.6 Å². The van der Waals surface area contributed by atoms with E-state index in [1.165, 1.54) is 7.11 Å². The summed E-state index contributed by atoms with van der Waals surface area (Å²) in [5.74, 6) is 2.46. The number of methoxy groups -OCH3 is 1. The second-order valence-corrected chi connectivity index (χ2v) is 9.07. The predicted octanol–water partition coefficient (Wildman–Crippen LogP) is 2.12. The van der Waals surface area contributed by atoms with Gasteiger partial charge in [0.1, 0.15) is 12.1 Å². The lowest BCUT2D eigenvalue weighted by atomic mass is 9.73. The average molecular weight is 453 g/mol. The van der Waals surface area contributed by atoms with Gasteiger partial charge in [-0.2, -0.15) is 0 Å². The second-order valence-electron chi connectivity index (χ2n) is 8.63. The molecule has 2 fully saturated rings. The summed E-state index contributed by atoms with van der Waals surface area (Å²) in [5.41, 5.74) is 2.10. The molecule has 6 rings (SSSR count). The number of carbonyl (C=O) groups is 1. The maximum atomic E-state index is 12.3. The van der Waals surface area contributed by atoms with Gasteiger partial charge in [0, 0.05) is 42.8 Å². The number of aromatic nitrogens is 5. The first-order valence-electron chi connectivity index (χ1n) is 10.4. The van der Waals surface area contributed by atoms with Crippen molar-refractivity contribution in [3.63, 3.8) is 0 Å². The van der Waals surface area contributed by atoms with Gasteiger partial charge in [0.2, 0.25) is 5.95 Å². The van der Waals surface area contributed by atoms with E-state index in [4.69, 9.17) is 16.3 Å². The van der Waals surface area contributed by atoms with Crippen LogP contribution in [0.3, 0.4) is 0 Å². The van der Waals surface area contributed by atoms with E-state index < -0.39 is 6.09 Å². The van der Waals surface area contributed by atoms with E-state index >= 15 is 0 Å². The highest BCUT2D eigenvalue weighted by Gasteiger charge is 2.53. The fourth-order valence-corrected chi connectivity index (χ4v) is 5.15. The lowest BCUT2D eigenvalue weighted by molar-refractivity contribution is 0.117. The molecule has 0 N–H and O–H groups in total. The maximum Gasteiger partial charge on any atom is 0.410 e. The van der Waals surface area contributed by atoms with Crippen molar-refractivity contribution in [1.82, 2.24) is 29.6 Å². The molecule has 1 aromatic carbocycles. The highest BCUT2D eigenvalue weighted by atomic mass is 35.5. The van der Waals surface area contributed by atoms with Gasteiger partial charge in [-0.3, -0.25) is 9.47 Å². The zero-order valence-corrected chi connectivity index (χ0v) is 18.2. The molecule has 3 aliphatic rings. The summed E-state index contributed by atoms with van der Waals surface area (Å²) in [6, 6.07) is 7.64. The van der Waals surface area contributed by atoms with Crippen molar-refractivity contribution in [2.24, 2.45) is 5.41 Å². The van der Waals surface area contributed by atoms with E-state index in [1.54, 1.807) is 17.4 Å². The molecule has 5 heterocycles. The van der Waals surface area contributed by atoms with Crippen LogP contribution in [0.5, 0.6) is 0 Å². The maximum absolute atomic E-state index is 12.3. The highest BCUT2D eigenvalue weighted by molar-refractivity contribution is 6.30. The molecule has 0 aliphatic carbocycles. The van der Waals surface area contributed by atoms with Crippen LogP contribution in [0, 0.1) is 5.41 Å². The quantitative estimate of drug-likeness (QED) is 0.583. The minimum atomic E-state index is -0.406. The largest absolute Gasteiger partial charge is 0.453 e. The van der Waals surface area contributed by atoms with Crippen molar-refractivity contribution >= 4 is 29.5 Å². The molecular weight excluding hydrogens is 432 g/mol. The standard InChI is InChI=1S/C21H21ClN8O2/c1-32-20(31)27-7-14-6-15(22)2-3-16(14)30-18(8-27)25-26-19(30)29-11-21(12-29)9-28(10-21)17-4-5-23-13-24-17/h2-6,13H,7-12H2,1H3. The zero-order chi connectivity index (χ0) is 21.9. The van der Waals surface area contributed by atoms with Gasteiger partial charge in [-0.1, -0.05) is 11.6 Å². The van der Waals surface area contributed by atoms with Gasteiger partial charge in [0.25, 0.3) is 0 Å². The van der Waals surface area contributed by atoms with Crippen molar-refractivity contribution in [2.45, 2.75) is 13.1 Å². The third-order valence-electron chi connectivity index (χ3n) is 6.40. The summed E-state index contributed by atoms with van der Waals surface area (Å²) in [6.07, 6.45) is 2.95. The first-order valence-corrected chi connectivity index (χ1v) is 10.7. The lowest BCUT2D eigenvalue weighted by Crippen LogP contribution is -2.73. The van der Waals surface area contributed by atoms with Crippen LogP contribution in [-0.2, 0) is 17.8 Å². The Morgan fingerprint density at radius 1 is 1.09 bits per heavy atom. The van der Waals surface area contributed by atoms with Gasteiger partial charge < -0.3 is 14.5 Å². The molecule has 0 unspecified atom stereocenters. The molecule has 10 nitrogen and oxygen atoms in total. The minimum Gasteiger partial charge on any atom is -0.453 e. The summed E-state index contributed by atoms with van der Waals surface area (Å²) in [7, 11) is 1.38. The Balaban J connectivity index is 1.27. The fraction of sp³-hybridized carbons (Fsp3) is 0.381. The number of rotatable bonds is 2. The first-order chi connectivity index (χ1) is 15.5. The molecule has 0 radical (unpaired) electrons. The highest BCUT2D eigenvalue weighted by Crippen LogP contribution is 2.43. The molecule has 1 spiro atoms. The molecule has 2 saturated heterocycles. The smallest absolute Gasteiger partial charge is 0.410 e. The fourth-order valence-electron chi connectivity index (χ4n) is 4.95. The monoisotopic (exact) mass is 452 g/mol. The van der Waals surface area contributed by atoms with Crippen LogP contribution in [0.25, 0.3) is 5.69 Å². The SMILES string of the molecule is COC(=O)N1Cc2cc(Cl)ccc2-n2c(nnc2N2CC3(CN(c4ccncn4)C3)C2)C1. The third kappa shape index (κ3) is 2.97. The molecule has 164 valence electrons. The van der Waals surface area contributed by atoms with Crippen LogP contribution in [0.1, 0.15) is 11.4 Å². The number of carbonyl (C=O) groups excluding carboxylic acids is 1. The number of hydrogen-bond donors (Lipinski definition) is 0. The zero-order valence-electron chi connectivity index (χ0n) is 17.5. The summed E-state index contributed by atoms with van der Waals surface area (Å²) >= 11 is 6.26. The first kappa shape index (κ1) is 19.3. The van der Waals surface area contributed by atoms with Crippen LogP contribution in [0.15, 0.2) is 36.8 Å². The summed E-state index contributed by atoms with van der Waals surface area (Å²) in [6.45, 7) is 4.43. The summed E-state index contributed by atoms with van der Waals surface area (Å²) in [5, 5.41) is 9.54. The van der Waals surface area contributed by atoms with Crippen molar-refractivity contribution in [2.75, 3.05) is 43.1 Å². The van der Waals surface area contributed by atoms with Gasteiger partial charge in [0.15, 0.2) is 5.82 Å². The molecule has 0 bridgehead atoms. The molecule has 0 saturated carbocycles. The minimum absolute atomic E-state index is 0.239. The van der Waals surface area contributed by atoms with Gasteiger partial charge in [-0.25, -0.2) is 14.8 Å². The molecule has 1 amide bonds. The Bertz CT molecular complexity index is 1190. The van der Waals surface area contributed by atoms with Crippen LogP contribution in [0.2, 0.25) is 5.02 Å². The van der Waals surface area contributed by atoms with Crippen molar-refractivity contribution in [3.8, 4) is 5.69 Å². The van der Waals surface area contributed by atoms with E-state index in [9.17, 15) is 4.79 Å². The Labute approximate surface area is 189 Å². The average Bonchev–Trinajstić information content (AvgIpc) is 3.07. The Morgan fingerprint density at radius 2 is 1.91 bits per heavy atom. The van der Waals surface area contributed by atoms with Gasteiger partial charge in [-0.15, -0.1) is 10.2 Å². The van der Waals surface area contributed by atoms with Crippen molar-refractivity contribution in [1.29, 1.82) is 0 Å². The van der Waals surface area contributed by atoms with Crippen molar-refractivity contribution < 1.29 is 9.53 Å². The van der Waals surface area contributed by atoms with E-state index in [0.717, 1.165) is 49.2 Å². The molecule has 3 aliphatic heterocycles. The second kappa shape index (κ2) is 7.06. The molecule has 11 heteroatoms. The van der Waals surface area contributed by atoms with E-state index in [2.05, 4.69) is 30.0 Å². The number of hydrogen-bond acceptors (Lipinski definition) is 8. The number of nitrogens with zero attached hydrogens (tertiary/aromatic N) is 8. The molecular formula is C21H21ClN8O2. The molecule has 32 heavy (non-hydrogen) atoms. The van der Waals surface area contributed by atoms with E-state index in [0.29, 0.717) is 23.9 Å². The van der Waals surface area contributed by atoms with Crippen LogP contribution >= 0.6 is 11.6 Å². The Hall–Kier alpha value is -3.40. The van der Waals surface area contributed by atoms with Crippen LogP contribution in [-0.4, -0.2) is 69.0 Å².